The van der Waals surface area contributed by atoms with Crippen LogP contribution in [0.5, 0.6) is 0 Å². The first-order valence-corrected chi connectivity index (χ1v) is 17.0. The molecule has 0 heterocycles. The molecule has 0 aliphatic heterocycles. The molecule has 254 valence electrons. The van der Waals surface area contributed by atoms with Gasteiger partial charge in [0.25, 0.3) is 0 Å². The fraction of sp³-hybridized carbons (Fsp3) is 0.941. The second kappa shape index (κ2) is 12.7. The lowest BCUT2D eigenvalue weighted by atomic mass is 9.41. The number of rotatable bonds is 9. The second-order valence-electron chi connectivity index (χ2n) is 16.0. The third-order valence-electron chi connectivity index (χ3n) is 13.4. The van der Waals surface area contributed by atoms with Crippen LogP contribution in [0.3, 0.4) is 0 Å². The molecular formula is C34H58O10. The van der Waals surface area contributed by atoms with Gasteiger partial charge in [0.05, 0.1) is 54.9 Å². The minimum absolute atomic E-state index is 0.0971. The van der Waals surface area contributed by atoms with Crippen LogP contribution in [0.15, 0.2) is 12.2 Å². The van der Waals surface area contributed by atoms with E-state index in [1.165, 1.54) is 0 Å². The third kappa shape index (κ3) is 5.63. The molecule has 0 radical (unpaired) electrons. The molecule has 10 nitrogen and oxygen atoms in total. The highest BCUT2D eigenvalue weighted by molar-refractivity contribution is 5.21. The predicted molar refractivity (Wildman–Crippen MR) is 162 cm³/mol. The lowest BCUT2D eigenvalue weighted by Crippen LogP contribution is -2.70. The first-order chi connectivity index (χ1) is 20.6. The average molecular weight is 627 g/mol. The van der Waals surface area contributed by atoms with Crippen molar-refractivity contribution in [2.45, 2.75) is 133 Å². The van der Waals surface area contributed by atoms with Crippen LogP contribution >= 0.6 is 0 Å². The standard InChI is InChI=1S/C34H58O10/c1-17(16-44-25-12-19(24(39)15-35)28(40)30(25)42)6-5-7-18(2)20-13-22(37)31-32(20,3)11-9-26-33(4)10-8-21(36)29(41)27(33)23(38)14-34(26,31)43/h5,7,17-31,35-43H,6,8-16H2,1-4H3. The summed E-state index contributed by atoms with van der Waals surface area (Å²) in [5.74, 6) is -1.27. The largest absolute Gasteiger partial charge is 0.394 e. The minimum atomic E-state index is -1.26. The summed E-state index contributed by atoms with van der Waals surface area (Å²) in [6, 6.07) is 0. The van der Waals surface area contributed by atoms with Crippen LogP contribution in [0.1, 0.15) is 79.1 Å². The highest BCUT2D eigenvalue weighted by atomic mass is 16.5. The van der Waals surface area contributed by atoms with E-state index in [2.05, 4.69) is 32.9 Å². The van der Waals surface area contributed by atoms with Gasteiger partial charge < -0.3 is 50.7 Å². The Morgan fingerprint density at radius 2 is 1.55 bits per heavy atom. The minimum Gasteiger partial charge on any atom is -0.394 e. The lowest BCUT2D eigenvalue weighted by molar-refractivity contribution is -0.280. The Labute approximate surface area is 261 Å². The van der Waals surface area contributed by atoms with Crippen LogP contribution in [0, 0.1) is 52.3 Å². The fourth-order valence-electron chi connectivity index (χ4n) is 11.2. The Balaban J connectivity index is 1.21. The van der Waals surface area contributed by atoms with Crippen LogP contribution in [0.25, 0.3) is 0 Å². The normalized spacial score (nSPS) is 52.8. The number of hydrogen-bond acceptors (Lipinski definition) is 10. The summed E-state index contributed by atoms with van der Waals surface area (Å²) in [4.78, 5) is 0. The van der Waals surface area contributed by atoms with E-state index in [4.69, 9.17) is 4.74 Å². The van der Waals surface area contributed by atoms with Gasteiger partial charge in [-0.2, -0.15) is 0 Å². The highest BCUT2D eigenvalue weighted by Crippen LogP contribution is 2.69. The molecule has 0 bridgehead atoms. The molecule has 0 spiro atoms. The zero-order valence-electron chi connectivity index (χ0n) is 26.8. The van der Waals surface area contributed by atoms with Crippen molar-refractivity contribution in [3.63, 3.8) is 0 Å². The molecule has 0 aromatic rings. The third-order valence-corrected chi connectivity index (χ3v) is 13.4. The van der Waals surface area contributed by atoms with E-state index in [-0.39, 0.29) is 47.8 Å². The van der Waals surface area contributed by atoms with E-state index < -0.39 is 78.3 Å². The molecule has 10 heteroatoms. The van der Waals surface area contributed by atoms with E-state index in [1.54, 1.807) is 0 Å². The molecule has 44 heavy (non-hydrogen) atoms. The molecule has 5 aliphatic carbocycles. The molecule has 5 aliphatic rings. The van der Waals surface area contributed by atoms with Gasteiger partial charge in [-0.25, -0.2) is 0 Å². The lowest BCUT2D eigenvalue weighted by Gasteiger charge is -2.66. The summed E-state index contributed by atoms with van der Waals surface area (Å²) < 4.78 is 5.91. The van der Waals surface area contributed by atoms with E-state index in [9.17, 15) is 46.0 Å². The van der Waals surface area contributed by atoms with Crippen molar-refractivity contribution in [2.24, 2.45) is 52.3 Å². The monoisotopic (exact) mass is 626 g/mol. The van der Waals surface area contributed by atoms with Gasteiger partial charge in [-0.05, 0) is 79.4 Å². The first kappa shape index (κ1) is 34.7. The van der Waals surface area contributed by atoms with Crippen molar-refractivity contribution in [1.29, 1.82) is 0 Å². The van der Waals surface area contributed by atoms with Gasteiger partial charge in [-0.3, -0.25) is 0 Å². The number of hydrogen-bond donors (Lipinski definition) is 9. The maximum atomic E-state index is 12.5. The maximum absolute atomic E-state index is 12.5. The molecule has 18 unspecified atom stereocenters. The Morgan fingerprint density at radius 3 is 2.23 bits per heavy atom. The van der Waals surface area contributed by atoms with Gasteiger partial charge in [-0.1, -0.05) is 39.8 Å². The van der Waals surface area contributed by atoms with E-state index in [1.807, 2.05) is 6.92 Å². The zero-order chi connectivity index (χ0) is 32.4. The average Bonchev–Trinajstić information content (AvgIpc) is 3.40. The molecule has 0 amide bonds. The zero-order valence-corrected chi connectivity index (χ0v) is 26.8. The van der Waals surface area contributed by atoms with Crippen LogP contribution in [0.2, 0.25) is 0 Å². The van der Waals surface area contributed by atoms with Gasteiger partial charge in [0.1, 0.15) is 6.10 Å². The number of allylic oxidation sites excluding steroid dienone is 2. The number of ether oxygens (including phenoxy) is 1. The first-order valence-electron chi connectivity index (χ1n) is 17.0. The van der Waals surface area contributed by atoms with Crippen LogP contribution < -0.4 is 0 Å². The van der Waals surface area contributed by atoms with Gasteiger partial charge in [-0.15, -0.1) is 0 Å². The maximum Gasteiger partial charge on any atom is 0.106 e. The smallest absolute Gasteiger partial charge is 0.106 e. The summed E-state index contributed by atoms with van der Waals surface area (Å²) in [5, 5.41) is 96.2. The van der Waals surface area contributed by atoms with Gasteiger partial charge >= 0.3 is 0 Å². The van der Waals surface area contributed by atoms with E-state index >= 15 is 0 Å². The summed E-state index contributed by atoms with van der Waals surface area (Å²) in [6.07, 6.45) is 1.15. The van der Waals surface area contributed by atoms with Gasteiger partial charge in [0.2, 0.25) is 0 Å². The van der Waals surface area contributed by atoms with Crippen molar-refractivity contribution in [3.8, 4) is 0 Å². The van der Waals surface area contributed by atoms with Crippen LogP contribution in [0.4, 0.5) is 0 Å². The molecule has 18 atom stereocenters. The molecular weight excluding hydrogens is 568 g/mol. The van der Waals surface area contributed by atoms with Crippen molar-refractivity contribution >= 4 is 0 Å². The van der Waals surface area contributed by atoms with E-state index in [0.717, 1.165) is 19.3 Å². The Bertz CT molecular complexity index is 1030. The molecule has 5 saturated carbocycles. The molecule has 0 saturated heterocycles. The number of fused-ring (bicyclic) bond motifs is 5. The number of aliphatic hydroxyl groups is 9. The quantitative estimate of drug-likeness (QED) is 0.165. The summed E-state index contributed by atoms with van der Waals surface area (Å²) in [6.45, 7) is 8.34. The molecule has 0 aromatic carbocycles. The SMILES string of the molecule is CC(CC=CC(C)C1CC(O)C2C1(C)CCC1C3(C)CCC(O)C(O)C3C(O)CC12O)COC1CC(C(O)CO)C(O)C1O. The van der Waals surface area contributed by atoms with Crippen LogP contribution in [-0.2, 0) is 4.74 Å². The van der Waals surface area contributed by atoms with Crippen LogP contribution in [-0.4, -0.2) is 114 Å². The second-order valence-corrected chi connectivity index (χ2v) is 16.0. The fourth-order valence-corrected chi connectivity index (χ4v) is 11.2. The summed E-state index contributed by atoms with van der Waals surface area (Å²) in [5.41, 5.74) is -2.11. The highest BCUT2D eigenvalue weighted by Gasteiger charge is 2.71. The van der Waals surface area contributed by atoms with Crippen molar-refractivity contribution < 1.29 is 50.7 Å². The summed E-state index contributed by atoms with van der Waals surface area (Å²) in [7, 11) is 0. The summed E-state index contributed by atoms with van der Waals surface area (Å²) >= 11 is 0. The predicted octanol–water partition coefficient (Wildman–Crippen LogP) is 0.732. The molecule has 5 rings (SSSR count). The topological polar surface area (TPSA) is 191 Å². The Kier molecular flexibility index (Phi) is 10.0. The van der Waals surface area contributed by atoms with Gasteiger partial charge in [0, 0.05) is 30.8 Å². The Morgan fingerprint density at radius 1 is 0.864 bits per heavy atom. The van der Waals surface area contributed by atoms with E-state index in [0.29, 0.717) is 25.9 Å². The van der Waals surface area contributed by atoms with Crippen molar-refractivity contribution in [3.05, 3.63) is 12.2 Å². The van der Waals surface area contributed by atoms with Crippen molar-refractivity contribution in [2.75, 3.05) is 13.2 Å². The molecule has 9 N–H and O–H groups in total. The molecule has 5 fully saturated rings. The van der Waals surface area contributed by atoms with Gasteiger partial charge in [0.15, 0.2) is 0 Å². The molecule has 0 aromatic heterocycles. The Hall–Kier alpha value is -0.660. The number of aliphatic hydroxyl groups excluding tert-OH is 8. The van der Waals surface area contributed by atoms with Crippen molar-refractivity contribution in [1.82, 2.24) is 0 Å².